The summed E-state index contributed by atoms with van der Waals surface area (Å²) in [7, 11) is 1.64. The molecule has 0 spiro atoms. The third-order valence-electron chi connectivity index (χ3n) is 2.08. The molecule has 0 atom stereocenters. The first-order valence-corrected chi connectivity index (χ1v) is 5.68. The zero-order valence-corrected chi connectivity index (χ0v) is 11.0. The van der Waals surface area contributed by atoms with Crippen molar-refractivity contribution in [3.63, 3.8) is 0 Å². The summed E-state index contributed by atoms with van der Waals surface area (Å²) < 4.78 is 10.5. The van der Waals surface area contributed by atoms with Crippen LogP contribution >= 0.6 is 0 Å². The molecule has 1 aromatic rings. The third-order valence-corrected chi connectivity index (χ3v) is 2.08. The SMILES string of the molecule is COCCOc1ncncc1CNC(C)(C)C. The Hall–Kier alpha value is -1.20. The Morgan fingerprint density at radius 3 is 2.71 bits per heavy atom. The van der Waals surface area contributed by atoms with Crippen LogP contribution in [0.25, 0.3) is 0 Å². The summed E-state index contributed by atoms with van der Waals surface area (Å²) in [6, 6.07) is 0. The number of aromatic nitrogens is 2. The third kappa shape index (κ3) is 5.60. The van der Waals surface area contributed by atoms with E-state index < -0.39 is 0 Å². The first-order chi connectivity index (χ1) is 8.03. The standard InChI is InChI=1S/C12H21N3O2/c1-12(2,3)15-8-10-7-13-9-14-11(10)17-6-5-16-4/h7,9,15H,5-6,8H2,1-4H3. The van der Waals surface area contributed by atoms with E-state index in [1.807, 2.05) is 0 Å². The Morgan fingerprint density at radius 1 is 1.29 bits per heavy atom. The highest BCUT2D eigenvalue weighted by Crippen LogP contribution is 2.14. The fourth-order valence-corrected chi connectivity index (χ4v) is 1.18. The molecule has 0 amide bonds. The van der Waals surface area contributed by atoms with Crippen LogP contribution in [0.2, 0.25) is 0 Å². The molecule has 5 heteroatoms. The Labute approximate surface area is 103 Å². The molecule has 96 valence electrons. The number of nitrogens with zero attached hydrogens (tertiary/aromatic N) is 2. The molecule has 1 heterocycles. The molecule has 0 bridgehead atoms. The van der Waals surface area contributed by atoms with Crippen molar-refractivity contribution in [2.24, 2.45) is 0 Å². The van der Waals surface area contributed by atoms with Gasteiger partial charge in [0.05, 0.1) is 6.61 Å². The van der Waals surface area contributed by atoms with Crippen LogP contribution in [0.15, 0.2) is 12.5 Å². The largest absolute Gasteiger partial charge is 0.475 e. The molecule has 0 fully saturated rings. The van der Waals surface area contributed by atoms with E-state index in [0.29, 0.717) is 25.6 Å². The lowest BCUT2D eigenvalue weighted by Gasteiger charge is -2.21. The first-order valence-electron chi connectivity index (χ1n) is 5.68. The lowest BCUT2D eigenvalue weighted by Crippen LogP contribution is -2.35. The molecule has 5 nitrogen and oxygen atoms in total. The first kappa shape index (κ1) is 13.9. The Balaban J connectivity index is 2.58. The topological polar surface area (TPSA) is 56.3 Å². The molecule has 1 aromatic heterocycles. The molecule has 0 unspecified atom stereocenters. The Bertz CT molecular complexity index is 337. The van der Waals surface area contributed by atoms with Crippen molar-refractivity contribution in [2.75, 3.05) is 20.3 Å². The molecule has 1 N–H and O–H groups in total. The molecule has 17 heavy (non-hydrogen) atoms. The smallest absolute Gasteiger partial charge is 0.221 e. The fraction of sp³-hybridized carbons (Fsp3) is 0.667. The maximum absolute atomic E-state index is 5.53. The van der Waals surface area contributed by atoms with Gasteiger partial charge < -0.3 is 14.8 Å². The van der Waals surface area contributed by atoms with Gasteiger partial charge in [-0.2, -0.15) is 0 Å². The molecule has 1 rings (SSSR count). The van der Waals surface area contributed by atoms with Gasteiger partial charge >= 0.3 is 0 Å². The van der Waals surface area contributed by atoms with E-state index in [1.165, 1.54) is 6.33 Å². The van der Waals surface area contributed by atoms with Gasteiger partial charge in [0.1, 0.15) is 12.9 Å². The predicted octanol–water partition coefficient (Wildman–Crippen LogP) is 1.39. The number of hydrogen-bond acceptors (Lipinski definition) is 5. The van der Waals surface area contributed by atoms with Gasteiger partial charge in [-0.1, -0.05) is 0 Å². The van der Waals surface area contributed by atoms with E-state index >= 15 is 0 Å². The summed E-state index contributed by atoms with van der Waals surface area (Å²) in [5, 5.41) is 3.38. The minimum Gasteiger partial charge on any atom is -0.475 e. The average molecular weight is 239 g/mol. The van der Waals surface area contributed by atoms with Crippen LogP contribution in [0.1, 0.15) is 26.3 Å². The normalized spacial score (nSPS) is 11.5. The van der Waals surface area contributed by atoms with Gasteiger partial charge in [-0.15, -0.1) is 0 Å². The van der Waals surface area contributed by atoms with Gasteiger partial charge in [-0.25, -0.2) is 9.97 Å². The molecule has 0 radical (unpaired) electrons. The van der Waals surface area contributed by atoms with Crippen molar-refractivity contribution in [3.8, 4) is 5.88 Å². The van der Waals surface area contributed by atoms with Gasteiger partial charge in [-0.05, 0) is 20.8 Å². The van der Waals surface area contributed by atoms with E-state index in [0.717, 1.165) is 5.56 Å². The minimum atomic E-state index is 0.0552. The van der Waals surface area contributed by atoms with Gasteiger partial charge in [0.2, 0.25) is 5.88 Å². The zero-order valence-electron chi connectivity index (χ0n) is 11.0. The van der Waals surface area contributed by atoms with Crippen molar-refractivity contribution in [2.45, 2.75) is 32.9 Å². The summed E-state index contributed by atoms with van der Waals surface area (Å²) in [6.07, 6.45) is 3.26. The van der Waals surface area contributed by atoms with Crippen LogP contribution in [-0.4, -0.2) is 35.8 Å². The number of hydrogen-bond donors (Lipinski definition) is 1. The minimum absolute atomic E-state index is 0.0552. The van der Waals surface area contributed by atoms with Gasteiger partial charge in [0, 0.05) is 31.0 Å². The van der Waals surface area contributed by atoms with Crippen LogP contribution in [0.4, 0.5) is 0 Å². The highest BCUT2D eigenvalue weighted by atomic mass is 16.5. The van der Waals surface area contributed by atoms with Crippen molar-refractivity contribution in [3.05, 3.63) is 18.1 Å². The van der Waals surface area contributed by atoms with Crippen LogP contribution in [0.3, 0.4) is 0 Å². The lowest BCUT2D eigenvalue weighted by atomic mass is 10.1. The highest BCUT2D eigenvalue weighted by Gasteiger charge is 2.11. The quantitative estimate of drug-likeness (QED) is 0.760. The monoisotopic (exact) mass is 239 g/mol. The Kier molecular flexibility index (Phi) is 5.31. The van der Waals surface area contributed by atoms with E-state index in [4.69, 9.17) is 9.47 Å². The fourth-order valence-electron chi connectivity index (χ4n) is 1.18. The van der Waals surface area contributed by atoms with E-state index in [-0.39, 0.29) is 5.54 Å². The molecular weight excluding hydrogens is 218 g/mol. The van der Waals surface area contributed by atoms with Crippen molar-refractivity contribution < 1.29 is 9.47 Å². The maximum atomic E-state index is 5.53. The number of methoxy groups -OCH3 is 1. The molecule has 0 aliphatic heterocycles. The van der Waals surface area contributed by atoms with Gasteiger partial charge in [-0.3, -0.25) is 0 Å². The number of ether oxygens (including phenoxy) is 2. The number of nitrogens with one attached hydrogen (secondary N) is 1. The van der Waals surface area contributed by atoms with Gasteiger partial charge in [0.25, 0.3) is 0 Å². The Morgan fingerprint density at radius 2 is 2.06 bits per heavy atom. The van der Waals surface area contributed by atoms with Crippen molar-refractivity contribution >= 4 is 0 Å². The average Bonchev–Trinajstić information content (AvgIpc) is 2.27. The summed E-state index contributed by atoms with van der Waals surface area (Å²) in [5.41, 5.74) is 1.01. The van der Waals surface area contributed by atoms with Crippen LogP contribution in [0.5, 0.6) is 5.88 Å². The molecule has 0 aliphatic rings. The molecular formula is C12H21N3O2. The van der Waals surface area contributed by atoms with Crippen LogP contribution < -0.4 is 10.1 Å². The van der Waals surface area contributed by atoms with E-state index in [2.05, 4.69) is 36.1 Å². The lowest BCUT2D eigenvalue weighted by molar-refractivity contribution is 0.143. The van der Waals surface area contributed by atoms with Crippen LogP contribution in [-0.2, 0) is 11.3 Å². The summed E-state index contributed by atoms with van der Waals surface area (Å²) >= 11 is 0. The maximum Gasteiger partial charge on any atom is 0.221 e. The summed E-state index contributed by atoms with van der Waals surface area (Å²) in [4.78, 5) is 8.13. The second-order valence-corrected chi connectivity index (χ2v) is 4.80. The van der Waals surface area contributed by atoms with Gasteiger partial charge in [0.15, 0.2) is 0 Å². The number of rotatable bonds is 6. The summed E-state index contributed by atoms with van der Waals surface area (Å²) in [6.45, 7) is 8.07. The molecule has 0 saturated heterocycles. The summed E-state index contributed by atoms with van der Waals surface area (Å²) in [5.74, 6) is 0.619. The zero-order chi connectivity index (χ0) is 12.7. The van der Waals surface area contributed by atoms with E-state index in [1.54, 1.807) is 13.3 Å². The highest BCUT2D eigenvalue weighted by molar-refractivity contribution is 5.22. The van der Waals surface area contributed by atoms with Crippen molar-refractivity contribution in [1.82, 2.24) is 15.3 Å². The van der Waals surface area contributed by atoms with E-state index in [9.17, 15) is 0 Å². The molecule has 0 aromatic carbocycles. The second-order valence-electron chi connectivity index (χ2n) is 4.80. The molecule has 0 saturated carbocycles. The van der Waals surface area contributed by atoms with Crippen LogP contribution in [0, 0.1) is 0 Å². The molecule has 0 aliphatic carbocycles. The second kappa shape index (κ2) is 6.51. The predicted molar refractivity (Wildman–Crippen MR) is 66.0 cm³/mol. The van der Waals surface area contributed by atoms with Crippen molar-refractivity contribution in [1.29, 1.82) is 0 Å².